The standard InChI is InChI=1S/C30H27ClN4O5/c1-18(2)39-28(36)17-38-26-15-22(34(3)4)11-9-19(26)16-32-35-29(33-24-8-6-5-7-23(24)30(35)37)27-14-20-13-21(31)10-12-25(20)40-27/h5-16,18H,17H2,1-4H3. The molecule has 10 heteroatoms. The van der Waals surface area contributed by atoms with Crippen LogP contribution in [0.5, 0.6) is 5.75 Å². The lowest BCUT2D eigenvalue weighted by Crippen LogP contribution is -2.20. The number of hydrogen-bond donors (Lipinski definition) is 0. The van der Waals surface area contributed by atoms with Crippen molar-refractivity contribution in [3.63, 3.8) is 0 Å². The number of rotatable bonds is 8. The van der Waals surface area contributed by atoms with Gasteiger partial charge in [-0.05, 0) is 62.4 Å². The number of ether oxygens (including phenoxy) is 2. The van der Waals surface area contributed by atoms with Crippen molar-refractivity contribution in [1.29, 1.82) is 0 Å². The second-order valence-electron chi connectivity index (χ2n) is 9.55. The van der Waals surface area contributed by atoms with Gasteiger partial charge in [-0.25, -0.2) is 9.78 Å². The Labute approximate surface area is 235 Å². The van der Waals surface area contributed by atoms with Gasteiger partial charge >= 0.3 is 5.97 Å². The Bertz CT molecular complexity index is 1810. The van der Waals surface area contributed by atoms with Gasteiger partial charge < -0.3 is 18.8 Å². The molecule has 0 fully saturated rings. The van der Waals surface area contributed by atoms with E-state index in [-0.39, 0.29) is 24.1 Å². The van der Waals surface area contributed by atoms with E-state index in [1.165, 1.54) is 10.9 Å². The second-order valence-corrected chi connectivity index (χ2v) is 9.99. The summed E-state index contributed by atoms with van der Waals surface area (Å²) in [6.07, 6.45) is 1.23. The van der Waals surface area contributed by atoms with Crippen LogP contribution >= 0.6 is 11.6 Å². The molecule has 2 heterocycles. The van der Waals surface area contributed by atoms with E-state index in [1.807, 2.05) is 31.1 Å². The van der Waals surface area contributed by atoms with E-state index >= 15 is 0 Å². The molecule has 0 amide bonds. The molecule has 5 aromatic rings. The summed E-state index contributed by atoms with van der Waals surface area (Å²) in [7, 11) is 3.79. The highest BCUT2D eigenvalue weighted by Crippen LogP contribution is 2.29. The Kier molecular flexibility index (Phi) is 7.57. The molecule has 0 N–H and O–H groups in total. The largest absolute Gasteiger partial charge is 0.481 e. The van der Waals surface area contributed by atoms with Crippen molar-refractivity contribution in [3.05, 3.63) is 87.7 Å². The number of esters is 1. The summed E-state index contributed by atoms with van der Waals surface area (Å²) in [5, 5.41) is 6.25. The van der Waals surface area contributed by atoms with Crippen LogP contribution in [0, 0.1) is 0 Å². The molecule has 2 aromatic heterocycles. The molecule has 0 aliphatic carbocycles. The fourth-order valence-electron chi connectivity index (χ4n) is 4.10. The first-order chi connectivity index (χ1) is 19.2. The highest BCUT2D eigenvalue weighted by atomic mass is 35.5. The van der Waals surface area contributed by atoms with Crippen LogP contribution in [0.2, 0.25) is 5.02 Å². The maximum atomic E-state index is 13.6. The van der Waals surface area contributed by atoms with Gasteiger partial charge in [-0.3, -0.25) is 4.79 Å². The Hall–Kier alpha value is -4.63. The van der Waals surface area contributed by atoms with Crippen LogP contribution in [-0.2, 0) is 9.53 Å². The lowest BCUT2D eigenvalue weighted by Gasteiger charge is -2.16. The number of aromatic nitrogens is 2. The van der Waals surface area contributed by atoms with Crippen molar-refractivity contribution in [2.45, 2.75) is 20.0 Å². The third-order valence-corrected chi connectivity index (χ3v) is 6.23. The highest BCUT2D eigenvalue weighted by molar-refractivity contribution is 6.31. The third kappa shape index (κ3) is 5.69. The molecule has 5 rings (SSSR count). The van der Waals surface area contributed by atoms with E-state index in [0.29, 0.717) is 38.6 Å². The Morgan fingerprint density at radius 1 is 1.12 bits per heavy atom. The van der Waals surface area contributed by atoms with Crippen molar-refractivity contribution in [1.82, 2.24) is 9.66 Å². The SMILES string of the molecule is CC(C)OC(=O)COc1cc(N(C)C)ccc1C=Nn1c(-c2cc3cc(Cl)ccc3o2)nc2ccccc2c1=O. The molecule has 40 heavy (non-hydrogen) atoms. The van der Waals surface area contributed by atoms with E-state index in [1.54, 1.807) is 68.4 Å². The number of fused-ring (bicyclic) bond motifs is 2. The summed E-state index contributed by atoms with van der Waals surface area (Å²) < 4.78 is 18.2. The van der Waals surface area contributed by atoms with Gasteiger partial charge in [-0.15, -0.1) is 0 Å². The fraction of sp³-hybridized carbons (Fsp3) is 0.200. The Balaban J connectivity index is 1.60. The smallest absolute Gasteiger partial charge is 0.344 e. The fourth-order valence-corrected chi connectivity index (χ4v) is 4.28. The average Bonchev–Trinajstić information content (AvgIpc) is 3.34. The molecule has 0 saturated carbocycles. The summed E-state index contributed by atoms with van der Waals surface area (Å²) in [6.45, 7) is 3.26. The maximum absolute atomic E-state index is 13.6. The van der Waals surface area contributed by atoms with Gasteiger partial charge in [0.1, 0.15) is 11.3 Å². The first-order valence-electron chi connectivity index (χ1n) is 12.6. The quantitative estimate of drug-likeness (QED) is 0.177. The summed E-state index contributed by atoms with van der Waals surface area (Å²) in [6, 6.07) is 19.5. The number of nitrogens with zero attached hydrogens (tertiary/aromatic N) is 4. The Morgan fingerprint density at radius 2 is 1.93 bits per heavy atom. The zero-order chi connectivity index (χ0) is 28.4. The summed E-state index contributed by atoms with van der Waals surface area (Å²) in [4.78, 5) is 32.4. The molecule has 0 spiro atoms. The topological polar surface area (TPSA) is 99.2 Å². The minimum absolute atomic E-state index is 0.222. The van der Waals surface area contributed by atoms with Crippen molar-refractivity contribution in [3.8, 4) is 17.3 Å². The molecule has 0 unspecified atom stereocenters. The minimum atomic E-state index is -0.490. The highest BCUT2D eigenvalue weighted by Gasteiger charge is 2.17. The zero-order valence-corrected chi connectivity index (χ0v) is 23.2. The van der Waals surface area contributed by atoms with Crippen molar-refractivity contribution < 1.29 is 18.7 Å². The van der Waals surface area contributed by atoms with Gasteiger partial charge in [0.25, 0.3) is 5.56 Å². The molecular formula is C30H27ClN4O5. The van der Waals surface area contributed by atoms with Crippen molar-refractivity contribution in [2.24, 2.45) is 5.10 Å². The number of para-hydroxylation sites is 1. The van der Waals surface area contributed by atoms with E-state index in [9.17, 15) is 9.59 Å². The maximum Gasteiger partial charge on any atom is 0.344 e. The average molecular weight is 559 g/mol. The van der Waals surface area contributed by atoms with Crippen LogP contribution in [0.3, 0.4) is 0 Å². The van der Waals surface area contributed by atoms with E-state index in [2.05, 4.69) is 5.10 Å². The molecule has 204 valence electrons. The van der Waals surface area contributed by atoms with E-state index in [0.717, 1.165) is 11.1 Å². The number of anilines is 1. The van der Waals surface area contributed by atoms with Crippen LogP contribution in [0.25, 0.3) is 33.5 Å². The minimum Gasteiger partial charge on any atom is -0.481 e. The molecule has 0 aliphatic rings. The number of carbonyl (C=O) groups excluding carboxylic acids is 1. The van der Waals surface area contributed by atoms with E-state index in [4.69, 9.17) is 30.5 Å². The van der Waals surface area contributed by atoms with Gasteiger partial charge in [0.2, 0.25) is 5.82 Å². The monoisotopic (exact) mass is 558 g/mol. The van der Waals surface area contributed by atoms with E-state index < -0.39 is 5.97 Å². The summed E-state index contributed by atoms with van der Waals surface area (Å²) >= 11 is 6.16. The number of benzene rings is 3. The normalized spacial score (nSPS) is 11.6. The number of carbonyl (C=O) groups is 1. The first kappa shape index (κ1) is 27.0. The molecule has 0 radical (unpaired) electrons. The number of hydrogen-bond acceptors (Lipinski definition) is 8. The van der Waals surface area contributed by atoms with Gasteiger partial charge in [0.05, 0.1) is 23.2 Å². The molecular weight excluding hydrogens is 532 g/mol. The third-order valence-electron chi connectivity index (χ3n) is 5.99. The molecule has 9 nitrogen and oxygen atoms in total. The Morgan fingerprint density at radius 3 is 2.70 bits per heavy atom. The summed E-state index contributed by atoms with van der Waals surface area (Å²) in [5.41, 5.74) is 2.14. The van der Waals surface area contributed by atoms with Crippen LogP contribution < -0.4 is 15.2 Å². The van der Waals surface area contributed by atoms with Crippen molar-refractivity contribution >= 4 is 51.3 Å². The van der Waals surface area contributed by atoms with Crippen molar-refractivity contribution in [2.75, 3.05) is 25.6 Å². The van der Waals surface area contributed by atoms with Crippen LogP contribution in [-0.4, -0.2) is 48.7 Å². The molecule has 0 bridgehead atoms. The lowest BCUT2D eigenvalue weighted by molar-refractivity contribution is -0.149. The molecule has 0 saturated heterocycles. The summed E-state index contributed by atoms with van der Waals surface area (Å²) in [5.74, 6) is 0.487. The van der Waals surface area contributed by atoms with Gasteiger partial charge in [0, 0.05) is 41.8 Å². The van der Waals surface area contributed by atoms with Crippen LogP contribution in [0.1, 0.15) is 19.4 Å². The second kappa shape index (κ2) is 11.2. The van der Waals surface area contributed by atoms with Gasteiger partial charge in [-0.2, -0.15) is 9.78 Å². The zero-order valence-electron chi connectivity index (χ0n) is 22.4. The first-order valence-corrected chi connectivity index (χ1v) is 13.0. The lowest BCUT2D eigenvalue weighted by atomic mass is 10.2. The predicted molar refractivity (Wildman–Crippen MR) is 157 cm³/mol. The van der Waals surface area contributed by atoms with Gasteiger partial charge in [0.15, 0.2) is 12.4 Å². The van der Waals surface area contributed by atoms with Crippen LogP contribution in [0.4, 0.5) is 5.69 Å². The van der Waals surface area contributed by atoms with Crippen LogP contribution in [0.15, 0.2) is 81.0 Å². The predicted octanol–water partition coefficient (Wildman–Crippen LogP) is 5.74. The van der Waals surface area contributed by atoms with Gasteiger partial charge in [-0.1, -0.05) is 23.7 Å². The molecule has 0 atom stereocenters. The molecule has 3 aromatic carbocycles. The number of furan rings is 1. The molecule has 0 aliphatic heterocycles. The number of halogens is 1.